The molecule has 1 aliphatic heterocycles. The van der Waals surface area contributed by atoms with E-state index in [1.165, 1.54) is 12.3 Å². The van der Waals surface area contributed by atoms with Crippen LogP contribution >= 0.6 is 0 Å². The van der Waals surface area contributed by atoms with Crippen molar-refractivity contribution in [1.82, 2.24) is 4.98 Å². The van der Waals surface area contributed by atoms with Crippen LogP contribution in [0, 0.1) is 5.92 Å². The third kappa shape index (κ3) is 2.93. The van der Waals surface area contributed by atoms with E-state index >= 15 is 0 Å². The number of anilines is 1. The highest BCUT2D eigenvalue weighted by atomic mass is 19.4. The lowest BCUT2D eigenvalue weighted by Crippen LogP contribution is -2.36. The maximum absolute atomic E-state index is 12.4. The van der Waals surface area contributed by atoms with E-state index in [-0.39, 0.29) is 12.5 Å². The third-order valence-electron chi connectivity index (χ3n) is 3.18. The van der Waals surface area contributed by atoms with Gasteiger partial charge in [-0.2, -0.15) is 13.2 Å². The van der Waals surface area contributed by atoms with Gasteiger partial charge in [0, 0.05) is 19.7 Å². The zero-order chi connectivity index (χ0) is 13.2. The van der Waals surface area contributed by atoms with E-state index in [1.807, 2.05) is 4.90 Å². The predicted molar refractivity (Wildman–Crippen MR) is 61.3 cm³/mol. The summed E-state index contributed by atoms with van der Waals surface area (Å²) in [4.78, 5) is 5.42. The van der Waals surface area contributed by atoms with Gasteiger partial charge in [-0.1, -0.05) is 0 Å². The van der Waals surface area contributed by atoms with Crippen molar-refractivity contribution in [3.63, 3.8) is 0 Å². The van der Waals surface area contributed by atoms with E-state index in [9.17, 15) is 13.2 Å². The molecule has 1 unspecified atom stereocenters. The number of aliphatic hydroxyl groups is 1. The van der Waals surface area contributed by atoms with Crippen molar-refractivity contribution in [1.29, 1.82) is 0 Å². The molecule has 0 spiro atoms. The van der Waals surface area contributed by atoms with E-state index in [2.05, 4.69) is 4.98 Å². The standard InChI is InChI=1S/C12H15F3N2O/c13-12(14,15)11-4-3-10(6-16-11)17-5-1-2-9(7-17)8-18/h3-4,6,9,18H,1-2,5,7-8H2. The summed E-state index contributed by atoms with van der Waals surface area (Å²) < 4.78 is 37.1. The van der Waals surface area contributed by atoms with Gasteiger partial charge in [0.15, 0.2) is 0 Å². The fraction of sp³-hybridized carbons (Fsp3) is 0.583. The van der Waals surface area contributed by atoms with Crippen molar-refractivity contribution in [2.75, 3.05) is 24.6 Å². The number of hydrogen-bond acceptors (Lipinski definition) is 3. The number of piperidine rings is 1. The zero-order valence-electron chi connectivity index (χ0n) is 9.82. The second kappa shape index (κ2) is 5.14. The average Bonchev–Trinajstić information content (AvgIpc) is 2.38. The first-order valence-electron chi connectivity index (χ1n) is 5.90. The molecule has 0 aromatic carbocycles. The molecule has 6 heteroatoms. The quantitative estimate of drug-likeness (QED) is 0.886. The van der Waals surface area contributed by atoms with E-state index < -0.39 is 11.9 Å². The summed E-state index contributed by atoms with van der Waals surface area (Å²) >= 11 is 0. The zero-order valence-corrected chi connectivity index (χ0v) is 9.82. The largest absolute Gasteiger partial charge is 0.433 e. The summed E-state index contributed by atoms with van der Waals surface area (Å²) in [6, 6.07) is 2.44. The molecule has 1 N–H and O–H groups in total. The highest BCUT2D eigenvalue weighted by molar-refractivity contribution is 5.45. The van der Waals surface area contributed by atoms with Gasteiger partial charge < -0.3 is 10.0 Å². The Morgan fingerprint density at radius 1 is 1.39 bits per heavy atom. The van der Waals surface area contributed by atoms with Gasteiger partial charge in [-0.05, 0) is 30.9 Å². The Bertz CT molecular complexity index is 391. The van der Waals surface area contributed by atoms with Crippen LogP contribution < -0.4 is 4.90 Å². The van der Waals surface area contributed by atoms with Crippen molar-refractivity contribution in [2.45, 2.75) is 19.0 Å². The normalized spacial score (nSPS) is 21.1. The second-order valence-electron chi connectivity index (χ2n) is 4.54. The summed E-state index contributed by atoms with van der Waals surface area (Å²) in [5.74, 6) is 0.195. The van der Waals surface area contributed by atoms with Crippen LogP contribution in [0.1, 0.15) is 18.5 Å². The number of alkyl halides is 3. The van der Waals surface area contributed by atoms with Crippen LogP contribution in [0.2, 0.25) is 0 Å². The predicted octanol–water partition coefficient (Wildman–Crippen LogP) is 2.31. The first-order chi connectivity index (χ1) is 8.50. The fourth-order valence-electron chi connectivity index (χ4n) is 2.19. The summed E-state index contributed by atoms with van der Waals surface area (Å²) in [5.41, 5.74) is -0.192. The molecule has 1 fully saturated rings. The second-order valence-corrected chi connectivity index (χ2v) is 4.54. The van der Waals surface area contributed by atoms with Crippen LogP contribution in [0.25, 0.3) is 0 Å². The number of hydrogen-bond donors (Lipinski definition) is 1. The van der Waals surface area contributed by atoms with Gasteiger partial charge in [0.2, 0.25) is 0 Å². The van der Waals surface area contributed by atoms with Crippen LogP contribution in [-0.4, -0.2) is 29.8 Å². The fourth-order valence-corrected chi connectivity index (χ4v) is 2.19. The number of nitrogens with zero attached hydrogens (tertiary/aromatic N) is 2. The molecule has 0 aliphatic carbocycles. The lowest BCUT2D eigenvalue weighted by Gasteiger charge is -2.33. The Kier molecular flexibility index (Phi) is 3.75. The molecule has 2 rings (SSSR count). The van der Waals surface area contributed by atoms with Gasteiger partial charge in [-0.3, -0.25) is 0 Å². The molecule has 18 heavy (non-hydrogen) atoms. The minimum Gasteiger partial charge on any atom is -0.396 e. The average molecular weight is 260 g/mol. The number of rotatable bonds is 2. The van der Waals surface area contributed by atoms with Gasteiger partial charge in [-0.25, -0.2) is 4.98 Å². The van der Waals surface area contributed by atoms with Crippen molar-refractivity contribution in [2.24, 2.45) is 5.92 Å². The van der Waals surface area contributed by atoms with Crippen LogP contribution in [0.4, 0.5) is 18.9 Å². The van der Waals surface area contributed by atoms with Crippen molar-refractivity contribution < 1.29 is 18.3 Å². The van der Waals surface area contributed by atoms with Crippen molar-refractivity contribution in [3.05, 3.63) is 24.0 Å². The summed E-state index contributed by atoms with van der Waals surface area (Å²) in [6.45, 7) is 1.58. The maximum Gasteiger partial charge on any atom is 0.433 e. The van der Waals surface area contributed by atoms with Gasteiger partial charge in [0.1, 0.15) is 5.69 Å². The van der Waals surface area contributed by atoms with E-state index in [1.54, 1.807) is 0 Å². The Labute approximate surface area is 103 Å². The number of aliphatic hydroxyl groups excluding tert-OH is 1. The van der Waals surface area contributed by atoms with E-state index in [4.69, 9.17) is 5.11 Å². The smallest absolute Gasteiger partial charge is 0.396 e. The Hall–Kier alpha value is -1.30. The highest BCUT2D eigenvalue weighted by Gasteiger charge is 2.32. The first kappa shape index (κ1) is 13.1. The van der Waals surface area contributed by atoms with E-state index in [0.717, 1.165) is 25.5 Å². The third-order valence-corrected chi connectivity index (χ3v) is 3.18. The van der Waals surface area contributed by atoms with Crippen molar-refractivity contribution in [3.8, 4) is 0 Å². The SMILES string of the molecule is OCC1CCCN(c2ccc(C(F)(F)F)nc2)C1. The highest BCUT2D eigenvalue weighted by Crippen LogP contribution is 2.29. The summed E-state index contributed by atoms with van der Waals surface area (Å²) in [5, 5.41) is 9.12. The first-order valence-corrected chi connectivity index (χ1v) is 5.90. The van der Waals surface area contributed by atoms with Crippen LogP contribution in [0.3, 0.4) is 0 Å². The summed E-state index contributed by atoms with van der Waals surface area (Å²) in [7, 11) is 0. The molecule has 0 radical (unpaired) electrons. The van der Waals surface area contributed by atoms with Gasteiger partial charge in [0.25, 0.3) is 0 Å². The molecule has 100 valence electrons. The molecular formula is C12H15F3N2O. The number of pyridine rings is 1. The van der Waals surface area contributed by atoms with Crippen LogP contribution in [0.5, 0.6) is 0 Å². The van der Waals surface area contributed by atoms with Gasteiger partial charge in [-0.15, -0.1) is 0 Å². The minimum atomic E-state index is -4.39. The topological polar surface area (TPSA) is 36.4 Å². The Balaban J connectivity index is 2.09. The number of aromatic nitrogens is 1. The van der Waals surface area contributed by atoms with Crippen LogP contribution in [-0.2, 0) is 6.18 Å². The molecule has 0 amide bonds. The molecule has 2 heterocycles. The van der Waals surface area contributed by atoms with Gasteiger partial charge in [0.05, 0.1) is 11.9 Å². The monoisotopic (exact) mass is 260 g/mol. The Morgan fingerprint density at radius 3 is 2.72 bits per heavy atom. The van der Waals surface area contributed by atoms with E-state index in [0.29, 0.717) is 12.2 Å². The molecule has 1 aromatic rings. The molecule has 3 nitrogen and oxygen atoms in total. The summed E-state index contributed by atoms with van der Waals surface area (Å²) in [6.07, 6.45) is -1.25. The van der Waals surface area contributed by atoms with Crippen LogP contribution in [0.15, 0.2) is 18.3 Å². The molecule has 1 atom stereocenters. The maximum atomic E-state index is 12.4. The molecule has 1 aromatic heterocycles. The Morgan fingerprint density at radius 2 is 2.17 bits per heavy atom. The molecule has 0 bridgehead atoms. The molecule has 1 aliphatic rings. The molecule has 1 saturated heterocycles. The molecule has 0 saturated carbocycles. The molecular weight excluding hydrogens is 245 g/mol. The lowest BCUT2D eigenvalue weighted by molar-refractivity contribution is -0.141. The van der Waals surface area contributed by atoms with Crippen molar-refractivity contribution >= 4 is 5.69 Å². The minimum absolute atomic E-state index is 0.116. The lowest BCUT2D eigenvalue weighted by atomic mass is 9.99. The number of halogens is 3. The van der Waals surface area contributed by atoms with Gasteiger partial charge >= 0.3 is 6.18 Å².